The molecule has 3 aromatic carbocycles. The van der Waals surface area contributed by atoms with Gasteiger partial charge < -0.3 is 20.3 Å². The zero-order valence-corrected chi connectivity index (χ0v) is 18.6. The maximum atomic E-state index is 13.6. The van der Waals surface area contributed by atoms with Crippen molar-refractivity contribution in [2.75, 3.05) is 19.7 Å². The predicted molar refractivity (Wildman–Crippen MR) is 128 cm³/mol. The zero-order chi connectivity index (χ0) is 24.6. The molecule has 0 unspecified atom stereocenters. The molecule has 3 N–H and O–H groups in total. The van der Waals surface area contributed by atoms with Crippen molar-refractivity contribution in [3.8, 4) is 0 Å². The maximum Gasteiger partial charge on any atom is 0.328 e. The number of carboxylic acid groups (broad SMARTS) is 2. The molecule has 7 heteroatoms. The van der Waals surface area contributed by atoms with Crippen LogP contribution in [0.5, 0.6) is 0 Å². The number of ether oxygens (including phenoxy) is 1. The summed E-state index contributed by atoms with van der Waals surface area (Å²) in [4.78, 5) is 19.1. The van der Waals surface area contributed by atoms with Gasteiger partial charge in [0.1, 0.15) is 11.9 Å². The fourth-order valence-electron chi connectivity index (χ4n) is 3.08. The van der Waals surface area contributed by atoms with Gasteiger partial charge in [-0.05, 0) is 35.7 Å². The van der Waals surface area contributed by atoms with Crippen LogP contribution in [0.1, 0.15) is 22.8 Å². The van der Waals surface area contributed by atoms with Crippen LogP contribution in [0.2, 0.25) is 0 Å². The first-order valence-electron chi connectivity index (χ1n) is 10.8. The third kappa shape index (κ3) is 10.2. The molecule has 0 heterocycles. The number of nitrogens with one attached hydrogen (secondary N) is 1. The second-order valence-electron chi connectivity index (χ2n) is 7.17. The number of benzene rings is 3. The molecular weight excluding hydrogens is 437 g/mol. The molecule has 3 aromatic rings. The van der Waals surface area contributed by atoms with E-state index in [0.29, 0.717) is 25.2 Å². The SMILES string of the molecule is Fc1ccccc1CCNCCOC(c1ccccc1)c1ccccc1.O=C(O)C=CC(=O)O. The van der Waals surface area contributed by atoms with E-state index in [4.69, 9.17) is 14.9 Å². The first-order valence-corrected chi connectivity index (χ1v) is 10.8. The molecule has 3 rings (SSSR count). The van der Waals surface area contributed by atoms with Crippen LogP contribution in [0.15, 0.2) is 97.1 Å². The quantitative estimate of drug-likeness (QED) is 0.286. The molecule has 0 saturated carbocycles. The minimum atomic E-state index is -1.26. The van der Waals surface area contributed by atoms with Gasteiger partial charge in [-0.1, -0.05) is 78.9 Å². The number of carbonyl (C=O) groups is 2. The molecule has 6 nitrogen and oxygen atoms in total. The van der Waals surface area contributed by atoms with Crippen LogP contribution >= 0.6 is 0 Å². The summed E-state index contributed by atoms with van der Waals surface area (Å²) >= 11 is 0. The number of aliphatic carboxylic acids is 2. The van der Waals surface area contributed by atoms with E-state index in [1.807, 2.05) is 48.5 Å². The van der Waals surface area contributed by atoms with E-state index in [-0.39, 0.29) is 11.9 Å². The molecule has 0 aromatic heterocycles. The number of carboxylic acids is 2. The summed E-state index contributed by atoms with van der Waals surface area (Å²) < 4.78 is 19.7. The van der Waals surface area contributed by atoms with Crippen LogP contribution in [0.25, 0.3) is 0 Å². The van der Waals surface area contributed by atoms with Crippen molar-refractivity contribution in [3.63, 3.8) is 0 Å². The summed E-state index contributed by atoms with van der Waals surface area (Å²) in [6, 6.07) is 27.4. The molecule has 0 aliphatic rings. The monoisotopic (exact) mass is 465 g/mol. The van der Waals surface area contributed by atoms with Crippen molar-refractivity contribution >= 4 is 11.9 Å². The fraction of sp³-hybridized carbons (Fsp3) is 0.185. The normalized spacial score (nSPS) is 10.6. The van der Waals surface area contributed by atoms with Gasteiger partial charge in [-0.3, -0.25) is 0 Å². The first-order chi connectivity index (χ1) is 16.5. The van der Waals surface area contributed by atoms with Crippen LogP contribution in [0.4, 0.5) is 4.39 Å². The van der Waals surface area contributed by atoms with Gasteiger partial charge in [-0.15, -0.1) is 0 Å². The largest absolute Gasteiger partial charge is 0.478 e. The third-order valence-corrected chi connectivity index (χ3v) is 4.67. The standard InChI is InChI=1S/C23H24FNO.C4H4O4/c24-22-14-8-7-9-19(22)15-16-25-17-18-26-23(20-10-3-1-4-11-20)21-12-5-2-6-13-21;5-3(6)1-2-4(7)8/h1-14,23,25H,15-18H2;1-2H,(H,5,6)(H,7,8). The van der Waals surface area contributed by atoms with Crippen molar-refractivity contribution in [2.24, 2.45) is 0 Å². The van der Waals surface area contributed by atoms with Crippen LogP contribution in [-0.2, 0) is 20.7 Å². The highest BCUT2D eigenvalue weighted by Crippen LogP contribution is 2.25. The molecule has 0 radical (unpaired) electrons. The van der Waals surface area contributed by atoms with E-state index < -0.39 is 11.9 Å². The highest BCUT2D eigenvalue weighted by Gasteiger charge is 2.13. The van der Waals surface area contributed by atoms with Gasteiger partial charge in [-0.25, -0.2) is 14.0 Å². The van der Waals surface area contributed by atoms with E-state index in [2.05, 4.69) is 29.6 Å². The summed E-state index contributed by atoms with van der Waals surface area (Å²) in [5.74, 6) is -2.65. The Morgan fingerprint density at radius 2 is 1.29 bits per heavy atom. The Morgan fingerprint density at radius 1 is 0.794 bits per heavy atom. The third-order valence-electron chi connectivity index (χ3n) is 4.67. The van der Waals surface area contributed by atoms with Crippen molar-refractivity contribution in [1.82, 2.24) is 5.32 Å². The molecule has 34 heavy (non-hydrogen) atoms. The predicted octanol–water partition coefficient (Wildman–Crippen LogP) is 4.48. The second kappa shape index (κ2) is 15.1. The minimum Gasteiger partial charge on any atom is -0.478 e. The Labute approximate surface area is 198 Å². The average Bonchev–Trinajstić information content (AvgIpc) is 2.85. The smallest absolute Gasteiger partial charge is 0.328 e. The van der Waals surface area contributed by atoms with E-state index >= 15 is 0 Å². The van der Waals surface area contributed by atoms with Gasteiger partial charge in [0, 0.05) is 18.7 Å². The van der Waals surface area contributed by atoms with Crippen molar-refractivity contribution in [1.29, 1.82) is 0 Å². The molecule has 0 aliphatic heterocycles. The number of rotatable bonds is 11. The van der Waals surface area contributed by atoms with Crippen molar-refractivity contribution in [2.45, 2.75) is 12.5 Å². The Balaban J connectivity index is 0.000000440. The number of hydrogen-bond donors (Lipinski definition) is 3. The summed E-state index contributed by atoms with van der Waals surface area (Å²) in [7, 11) is 0. The van der Waals surface area contributed by atoms with Gasteiger partial charge in [0.15, 0.2) is 0 Å². The van der Waals surface area contributed by atoms with Gasteiger partial charge in [-0.2, -0.15) is 0 Å². The lowest BCUT2D eigenvalue weighted by Crippen LogP contribution is -2.23. The molecule has 0 aliphatic carbocycles. The highest BCUT2D eigenvalue weighted by molar-refractivity contribution is 5.89. The lowest BCUT2D eigenvalue weighted by atomic mass is 10.0. The Bertz CT molecular complexity index is 986. The summed E-state index contributed by atoms with van der Waals surface area (Å²) in [5, 5.41) is 19.0. The van der Waals surface area contributed by atoms with Gasteiger partial charge in [0.05, 0.1) is 6.61 Å². The number of halogens is 1. The minimum absolute atomic E-state index is 0.0780. The van der Waals surface area contributed by atoms with Crippen LogP contribution < -0.4 is 5.32 Å². The lowest BCUT2D eigenvalue weighted by molar-refractivity contribution is -0.134. The summed E-state index contributed by atoms with van der Waals surface area (Å²) in [5.41, 5.74) is 3.03. The second-order valence-corrected chi connectivity index (χ2v) is 7.17. The highest BCUT2D eigenvalue weighted by atomic mass is 19.1. The zero-order valence-electron chi connectivity index (χ0n) is 18.6. The molecule has 0 amide bonds. The van der Waals surface area contributed by atoms with E-state index in [9.17, 15) is 14.0 Å². The average molecular weight is 466 g/mol. The topological polar surface area (TPSA) is 95.9 Å². The Hall–Kier alpha value is -3.81. The lowest BCUT2D eigenvalue weighted by Gasteiger charge is -2.19. The maximum absolute atomic E-state index is 13.6. The van der Waals surface area contributed by atoms with E-state index in [1.54, 1.807) is 6.07 Å². The molecule has 0 saturated heterocycles. The summed E-state index contributed by atoms with van der Waals surface area (Å²) in [6.07, 6.45) is 1.71. The molecule has 0 bridgehead atoms. The Morgan fingerprint density at radius 3 is 1.79 bits per heavy atom. The molecule has 0 atom stereocenters. The molecule has 0 spiro atoms. The molecule has 178 valence electrons. The van der Waals surface area contributed by atoms with E-state index in [1.165, 1.54) is 6.07 Å². The van der Waals surface area contributed by atoms with Crippen LogP contribution in [-0.4, -0.2) is 41.8 Å². The van der Waals surface area contributed by atoms with E-state index in [0.717, 1.165) is 29.8 Å². The molecular formula is C27H28FNO5. The van der Waals surface area contributed by atoms with Crippen molar-refractivity contribution in [3.05, 3.63) is 120 Å². The fourth-order valence-corrected chi connectivity index (χ4v) is 3.08. The first kappa shape index (κ1) is 26.4. The summed E-state index contributed by atoms with van der Waals surface area (Å²) in [6.45, 7) is 2.04. The molecule has 0 fully saturated rings. The number of hydrogen-bond acceptors (Lipinski definition) is 4. The van der Waals surface area contributed by atoms with Crippen molar-refractivity contribution < 1.29 is 28.9 Å². The van der Waals surface area contributed by atoms with Gasteiger partial charge >= 0.3 is 11.9 Å². The van der Waals surface area contributed by atoms with Gasteiger partial charge in [0.25, 0.3) is 0 Å². The van der Waals surface area contributed by atoms with Gasteiger partial charge in [0.2, 0.25) is 0 Å². The van der Waals surface area contributed by atoms with Crippen LogP contribution in [0.3, 0.4) is 0 Å². The van der Waals surface area contributed by atoms with Crippen LogP contribution in [0, 0.1) is 5.82 Å². The Kier molecular flexibility index (Phi) is 11.7.